The first-order chi connectivity index (χ1) is 13.6. The van der Waals surface area contributed by atoms with E-state index in [-0.39, 0.29) is 5.92 Å². The van der Waals surface area contributed by atoms with Crippen LogP contribution in [0.2, 0.25) is 0 Å². The maximum atomic E-state index is 11.5. The Bertz CT molecular complexity index is 642. The smallest absolute Gasteiger partial charge is 0.331 e. The molecule has 0 bridgehead atoms. The summed E-state index contributed by atoms with van der Waals surface area (Å²) in [6.45, 7) is 4.27. The Morgan fingerprint density at radius 3 is 2.00 bits per heavy atom. The largest absolute Gasteiger partial charge is 0.478 e. The molecular weight excluding hydrogens is 344 g/mol. The van der Waals surface area contributed by atoms with Crippen LogP contribution in [0.1, 0.15) is 95.1 Å². The summed E-state index contributed by atoms with van der Waals surface area (Å²) in [6, 6.07) is 9.40. The number of carboxylic acids is 1. The summed E-state index contributed by atoms with van der Waals surface area (Å²) in [5, 5.41) is 9.49. The van der Waals surface area contributed by atoms with Crippen molar-refractivity contribution in [3.8, 4) is 0 Å². The van der Waals surface area contributed by atoms with Crippen LogP contribution >= 0.6 is 0 Å². The van der Waals surface area contributed by atoms with Crippen LogP contribution in [0.3, 0.4) is 0 Å². The van der Waals surface area contributed by atoms with Gasteiger partial charge in [-0.3, -0.25) is 0 Å². The van der Waals surface area contributed by atoms with E-state index in [1.165, 1.54) is 62.5 Å². The van der Waals surface area contributed by atoms with Crippen molar-refractivity contribution in [2.75, 3.05) is 0 Å². The number of aryl methyl sites for hydroxylation is 1. The molecule has 1 N–H and O–H groups in total. The van der Waals surface area contributed by atoms with Crippen LogP contribution in [-0.2, 0) is 11.2 Å². The van der Waals surface area contributed by atoms with Crippen molar-refractivity contribution in [3.63, 3.8) is 0 Å². The second-order valence-corrected chi connectivity index (χ2v) is 9.09. The first kappa shape index (κ1) is 21.1. The molecule has 2 aliphatic rings. The lowest BCUT2D eigenvalue weighted by Crippen LogP contribution is -2.27. The van der Waals surface area contributed by atoms with Gasteiger partial charge in [0.25, 0.3) is 0 Å². The Kier molecular flexibility index (Phi) is 7.76. The molecule has 0 aliphatic heterocycles. The van der Waals surface area contributed by atoms with Gasteiger partial charge in [0.15, 0.2) is 0 Å². The molecule has 2 saturated carbocycles. The van der Waals surface area contributed by atoms with Crippen molar-refractivity contribution in [1.82, 2.24) is 0 Å². The van der Waals surface area contributed by atoms with E-state index in [4.69, 9.17) is 0 Å². The van der Waals surface area contributed by atoms with Crippen LogP contribution in [-0.4, -0.2) is 11.1 Å². The third kappa shape index (κ3) is 5.27. The van der Waals surface area contributed by atoms with E-state index in [1.807, 2.05) is 13.0 Å². The van der Waals surface area contributed by atoms with Gasteiger partial charge >= 0.3 is 5.97 Å². The van der Waals surface area contributed by atoms with E-state index < -0.39 is 5.97 Å². The summed E-state index contributed by atoms with van der Waals surface area (Å²) in [5.41, 5.74) is 3.68. The van der Waals surface area contributed by atoms with Gasteiger partial charge in [-0.2, -0.15) is 0 Å². The molecule has 0 radical (unpaired) electrons. The molecule has 0 heterocycles. The molecule has 1 aromatic rings. The average Bonchev–Trinajstić information content (AvgIpc) is 2.73. The molecule has 0 atom stereocenters. The van der Waals surface area contributed by atoms with Crippen molar-refractivity contribution in [2.45, 2.75) is 90.4 Å². The third-order valence-corrected chi connectivity index (χ3v) is 7.31. The van der Waals surface area contributed by atoms with Crippen molar-refractivity contribution in [1.29, 1.82) is 0 Å². The summed E-state index contributed by atoms with van der Waals surface area (Å²) in [4.78, 5) is 11.5. The molecule has 0 unspecified atom stereocenters. The summed E-state index contributed by atoms with van der Waals surface area (Å²) in [6.07, 6.45) is 15.1. The van der Waals surface area contributed by atoms with Crippen LogP contribution in [0.4, 0.5) is 0 Å². The molecule has 28 heavy (non-hydrogen) atoms. The van der Waals surface area contributed by atoms with E-state index in [1.54, 1.807) is 0 Å². The number of rotatable bonds is 7. The van der Waals surface area contributed by atoms with E-state index in [9.17, 15) is 9.90 Å². The molecule has 2 fully saturated rings. The van der Waals surface area contributed by atoms with Gasteiger partial charge < -0.3 is 5.11 Å². The fraction of sp³-hybridized carbons (Fsp3) is 0.654. The number of carboxylic acid groups (broad SMARTS) is 1. The normalized spacial score (nSPS) is 28.9. The van der Waals surface area contributed by atoms with Gasteiger partial charge in [0, 0.05) is 5.57 Å². The fourth-order valence-electron chi connectivity index (χ4n) is 5.72. The lowest BCUT2D eigenvalue weighted by atomic mass is 9.67. The molecule has 2 aliphatic carbocycles. The molecule has 1 aromatic carbocycles. The van der Waals surface area contributed by atoms with Crippen molar-refractivity contribution in [3.05, 3.63) is 47.0 Å². The number of benzene rings is 1. The number of allylic oxidation sites excluding steroid dienone is 1. The minimum Gasteiger partial charge on any atom is -0.478 e. The van der Waals surface area contributed by atoms with Crippen LogP contribution in [0.5, 0.6) is 0 Å². The van der Waals surface area contributed by atoms with Gasteiger partial charge in [-0.05, 0) is 99.0 Å². The zero-order valence-electron chi connectivity index (χ0n) is 17.8. The Labute approximate surface area is 171 Å². The van der Waals surface area contributed by atoms with Crippen molar-refractivity contribution >= 4 is 5.97 Å². The molecule has 2 heteroatoms. The summed E-state index contributed by atoms with van der Waals surface area (Å²) >= 11 is 0. The Hall–Kier alpha value is -1.57. The van der Waals surface area contributed by atoms with E-state index in [2.05, 4.69) is 31.2 Å². The second kappa shape index (κ2) is 10.3. The molecule has 0 saturated heterocycles. The molecule has 0 amide bonds. The summed E-state index contributed by atoms with van der Waals surface area (Å²) in [7, 11) is 0. The minimum absolute atomic E-state index is 0.284. The highest BCUT2D eigenvalue weighted by Crippen LogP contribution is 2.45. The fourth-order valence-corrected chi connectivity index (χ4v) is 5.72. The highest BCUT2D eigenvalue weighted by molar-refractivity contribution is 5.87. The number of hydrogen-bond acceptors (Lipinski definition) is 1. The van der Waals surface area contributed by atoms with E-state index in [0.29, 0.717) is 5.57 Å². The van der Waals surface area contributed by atoms with Gasteiger partial charge in [0.1, 0.15) is 0 Å². The average molecular weight is 383 g/mol. The molecule has 2 nitrogen and oxygen atoms in total. The van der Waals surface area contributed by atoms with Crippen LogP contribution in [0, 0.1) is 17.8 Å². The van der Waals surface area contributed by atoms with Crippen LogP contribution in [0.15, 0.2) is 35.9 Å². The highest BCUT2D eigenvalue weighted by atomic mass is 16.4. The van der Waals surface area contributed by atoms with Crippen LogP contribution < -0.4 is 0 Å². The predicted octanol–water partition coefficient (Wildman–Crippen LogP) is 7.14. The zero-order chi connectivity index (χ0) is 19.9. The maximum absolute atomic E-state index is 11.5. The Morgan fingerprint density at radius 2 is 1.50 bits per heavy atom. The molecule has 154 valence electrons. The van der Waals surface area contributed by atoms with Crippen molar-refractivity contribution in [2.24, 2.45) is 17.8 Å². The lowest BCUT2D eigenvalue weighted by Gasteiger charge is -2.38. The number of hydrogen-bond donors (Lipinski definition) is 1. The molecule has 0 spiro atoms. The third-order valence-electron chi connectivity index (χ3n) is 7.31. The highest BCUT2D eigenvalue weighted by Gasteiger charge is 2.33. The monoisotopic (exact) mass is 382 g/mol. The van der Waals surface area contributed by atoms with Gasteiger partial charge in [0.05, 0.1) is 0 Å². The van der Waals surface area contributed by atoms with Crippen molar-refractivity contribution < 1.29 is 9.90 Å². The maximum Gasteiger partial charge on any atom is 0.331 e. The zero-order valence-corrected chi connectivity index (χ0v) is 17.8. The quantitative estimate of drug-likeness (QED) is 0.509. The molecular formula is C26H38O2. The molecule has 3 rings (SSSR count). The summed E-state index contributed by atoms with van der Waals surface area (Å²) < 4.78 is 0. The number of aliphatic carboxylic acids is 1. The minimum atomic E-state index is -0.698. The SMILES string of the molecule is CCC=C(C(=O)O)[C@H]1CC[C@H]([C@H]2CC[C@H](c3ccc(CCC)cc3)CC2)CC1. The number of carbonyl (C=O) groups is 1. The topological polar surface area (TPSA) is 37.3 Å². The predicted molar refractivity (Wildman–Crippen MR) is 117 cm³/mol. The lowest BCUT2D eigenvalue weighted by molar-refractivity contribution is -0.133. The first-order valence-electron chi connectivity index (χ1n) is 11.6. The second-order valence-electron chi connectivity index (χ2n) is 9.09. The summed E-state index contributed by atoms with van der Waals surface area (Å²) in [5.74, 6) is 2.01. The van der Waals surface area contributed by atoms with Gasteiger partial charge in [-0.25, -0.2) is 4.79 Å². The Balaban J connectivity index is 1.48. The van der Waals surface area contributed by atoms with Crippen LogP contribution in [0.25, 0.3) is 0 Å². The van der Waals surface area contributed by atoms with E-state index in [0.717, 1.165) is 37.0 Å². The standard InChI is InChI=1S/C26H38O2/c1-3-5-19-7-9-20(10-8-19)21-11-13-22(14-12-21)23-15-17-24(18-16-23)25(6-4-2)26(27)28/h6-10,21-24H,3-5,11-18H2,1-2H3,(H,27,28)/t21-,22-,23-,24-. The van der Waals surface area contributed by atoms with Gasteiger partial charge in [-0.1, -0.05) is 50.6 Å². The molecule has 0 aromatic heterocycles. The first-order valence-corrected chi connectivity index (χ1v) is 11.6. The van der Waals surface area contributed by atoms with Gasteiger partial charge in [-0.15, -0.1) is 0 Å². The Morgan fingerprint density at radius 1 is 0.929 bits per heavy atom. The van der Waals surface area contributed by atoms with E-state index >= 15 is 0 Å². The van der Waals surface area contributed by atoms with Gasteiger partial charge in [0.2, 0.25) is 0 Å².